The highest BCUT2D eigenvalue weighted by Gasteiger charge is 2.24. The molecule has 0 saturated heterocycles. The minimum Gasteiger partial charge on any atom is -0.302 e. The fourth-order valence-corrected chi connectivity index (χ4v) is 3.94. The van der Waals surface area contributed by atoms with Crippen LogP contribution in [0.2, 0.25) is 0 Å². The van der Waals surface area contributed by atoms with Crippen molar-refractivity contribution in [3.05, 3.63) is 59.4 Å². The van der Waals surface area contributed by atoms with Crippen LogP contribution in [0.1, 0.15) is 24.2 Å². The molecule has 28 heavy (non-hydrogen) atoms. The van der Waals surface area contributed by atoms with Crippen molar-refractivity contribution < 1.29 is 18.0 Å². The van der Waals surface area contributed by atoms with E-state index < -0.39 is 23.4 Å². The predicted molar refractivity (Wildman–Crippen MR) is 105 cm³/mol. The molecular weight excluding hydrogens is 387 g/mol. The predicted octanol–water partition coefficient (Wildman–Crippen LogP) is 4.70. The number of thiazole rings is 1. The van der Waals surface area contributed by atoms with Gasteiger partial charge in [-0.2, -0.15) is 0 Å². The first-order chi connectivity index (χ1) is 13.4. The van der Waals surface area contributed by atoms with E-state index in [0.717, 1.165) is 30.5 Å². The largest absolute Gasteiger partial charge is 0.302 e. The lowest BCUT2D eigenvalue weighted by molar-refractivity contribution is 0.0980. The van der Waals surface area contributed by atoms with Crippen molar-refractivity contribution in [1.82, 2.24) is 9.88 Å². The van der Waals surface area contributed by atoms with Gasteiger partial charge in [-0.25, -0.2) is 18.2 Å². The van der Waals surface area contributed by atoms with Gasteiger partial charge in [-0.3, -0.25) is 9.69 Å². The molecular formula is C20H20F3N3OS. The summed E-state index contributed by atoms with van der Waals surface area (Å²) in [7, 11) is 0. The standard InChI is InChI=1S/C20H20F3N3OS/c1-3-25(4-2)9-10-26(19(27)14-7-5-6-8-15(14)22)20-24-18-16(23)11-13(21)12-17(18)28-20/h5-8,11-12H,3-4,9-10H2,1-2H3. The number of aromatic nitrogens is 1. The molecule has 0 atom stereocenters. The van der Waals surface area contributed by atoms with Gasteiger partial charge in [0.1, 0.15) is 17.2 Å². The summed E-state index contributed by atoms with van der Waals surface area (Å²) in [5.41, 5.74) is -0.0940. The first kappa shape index (κ1) is 20.3. The number of hydrogen-bond donors (Lipinski definition) is 0. The quantitative estimate of drug-likeness (QED) is 0.570. The van der Waals surface area contributed by atoms with Gasteiger partial charge in [0, 0.05) is 19.2 Å². The van der Waals surface area contributed by atoms with Crippen molar-refractivity contribution in [2.75, 3.05) is 31.1 Å². The smallest absolute Gasteiger partial charge is 0.263 e. The number of hydrogen-bond acceptors (Lipinski definition) is 4. The van der Waals surface area contributed by atoms with Gasteiger partial charge in [-0.15, -0.1) is 0 Å². The Balaban J connectivity index is 2.02. The zero-order valence-electron chi connectivity index (χ0n) is 15.6. The molecule has 0 N–H and O–H groups in total. The van der Waals surface area contributed by atoms with Crippen LogP contribution in [0.5, 0.6) is 0 Å². The second kappa shape index (κ2) is 8.70. The summed E-state index contributed by atoms with van der Waals surface area (Å²) < 4.78 is 42.1. The fraction of sp³-hybridized carbons (Fsp3) is 0.300. The minimum absolute atomic E-state index is 0.00410. The number of carbonyl (C=O) groups excluding carboxylic acids is 1. The summed E-state index contributed by atoms with van der Waals surface area (Å²) in [6, 6.07) is 7.62. The van der Waals surface area contributed by atoms with Crippen LogP contribution >= 0.6 is 11.3 Å². The lowest BCUT2D eigenvalue weighted by Gasteiger charge is -2.24. The molecule has 0 aliphatic carbocycles. The molecule has 1 aromatic heterocycles. The summed E-state index contributed by atoms with van der Waals surface area (Å²) in [4.78, 5) is 20.7. The monoisotopic (exact) mass is 407 g/mol. The lowest BCUT2D eigenvalue weighted by atomic mass is 10.2. The molecule has 0 saturated carbocycles. The average Bonchev–Trinajstić information content (AvgIpc) is 3.09. The maximum Gasteiger partial charge on any atom is 0.263 e. The topological polar surface area (TPSA) is 36.4 Å². The van der Waals surface area contributed by atoms with Crippen molar-refractivity contribution >= 4 is 32.6 Å². The molecule has 2 aromatic carbocycles. The number of amides is 1. The molecule has 3 aromatic rings. The molecule has 1 amide bonds. The van der Waals surface area contributed by atoms with E-state index in [4.69, 9.17) is 0 Å². The maximum atomic E-state index is 14.2. The van der Waals surface area contributed by atoms with Gasteiger partial charge in [0.05, 0.1) is 10.3 Å². The zero-order chi connectivity index (χ0) is 20.3. The number of fused-ring (bicyclic) bond motifs is 1. The highest BCUT2D eigenvalue weighted by Crippen LogP contribution is 2.32. The van der Waals surface area contributed by atoms with Crippen molar-refractivity contribution in [2.45, 2.75) is 13.8 Å². The third kappa shape index (κ3) is 4.18. The average molecular weight is 407 g/mol. The van der Waals surface area contributed by atoms with Gasteiger partial charge in [0.2, 0.25) is 0 Å². The van der Waals surface area contributed by atoms with E-state index in [1.54, 1.807) is 6.07 Å². The number of nitrogens with zero attached hydrogens (tertiary/aromatic N) is 3. The molecule has 148 valence electrons. The van der Waals surface area contributed by atoms with Gasteiger partial charge in [0.25, 0.3) is 5.91 Å². The number of benzene rings is 2. The van der Waals surface area contributed by atoms with E-state index in [9.17, 15) is 18.0 Å². The van der Waals surface area contributed by atoms with E-state index in [0.29, 0.717) is 11.2 Å². The number of rotatable bonds is 7. The Hall–Kier alpha value is -2.45. The molecule has 3 rings (SSSR count). The molecule has 0 unspecified atom stereocenters. The van der Waals surface area contributed by atoms with Crippen LogP contribution in [0.15, 0.2) is 36.4 Å². The van der Waals surface area contributed by atoms with Crippen molar-refractivity contribution in [2.24, 2.45) is 0 Å². The van der Waals surface area contributed by atoms with Crippen LogP contribution in [0.3, 0.4) is 0 Å². The third-order valence-corrected chi connectivity index (χ3v) is 5.54. The summed E-state index contributed by atoms with van der Waals surface area (Å²) >= 11 is 1.00. The van der Waals surface area contributed by atoms with Crippen LogP contribution in [0, 0.1) is 17.5 Å². The van der Waals surface area contributed by atoms with Gasteiger partial charge >= 0.3 is 0 Å². The van der Waals surface area contributed by atoms with Crippen LogP contribution < -0.4 is 4.90 Å². The highest BCUT2D eigenvalue weighted by atomic mass is 32.1. The normalized spacial score (nSPS) is 11.4. The van der Waals surface area contributed by atoms with Crippen LogP contribution in [-0.2, 0) is 0 Å². The Morgan fingerprint density at radius 2 is 1.75 bits per heavy atom. The van der Waals surface area contributed by atoms with Crippen molar-refractivity contribution in [3.8, 4) is 0 Å². The highest BCUT2D eigenvalue weighted by molar-refractivity contribution is 7.22. The summed E-state index contributed by atoms with van der Waals surface area (Å²) in [5.74, 6) is -2.71. The Morgan fingerprint density at radius 3 is 2.43 bits per heavy atom. The van der Waals surface area contributed by atoms with Crippen molar-refractivity contribution in [3.63, 3.8) is 0 Å². The molecule has 8 heteroatoms. The van der Waals surface area contributed by atoms with E-state index in [1.807, 2.05) is 13.8 Å². The first-order valence-corrected chi connectivity index (χ1v) is 9.80. The number of halogens is 3. The second-order valence-corrected chi connectivity index (χ2v) is 7.20. The molecule has 4 nitrogen and oxygen atoms in total. The zero-order valence-corrected chi connectivity index (χ0v) is 16.4. The first-order valence-electron chi connectivity index (χ1n) is 8.98. The summed E-state index contributed by atoms with van der Waals surface area (Å²) in [6.45, 7) is 6.37. The van der Waals surface area contributed by atoms with Crippen LogP contribution in [-0.4, -0.2) is 42.0 Å². The Kier molecular flexibility index (Phi) is 6.31. The Bertz CT molecular complexity index is 988. The van der Waals surface area contributed by atoms with Gasteiger partial charge in [-0.05, 0) is 31.3 Å². The molecule has 0 fully saturated rings. The Morgan fingerprint density at radius 1 is 1.04 bits per heavy atom. The van der Waals surface area contributed by atoms with Crippen molar-refractivity contribution in [1.29, 1.82) is 0 Å². The van der Waals surface area contributed by atoms with Gasteiger partial charge < -0.3 is 4.90 Å². The van der Waals surface area contributed by atoms with Gasteiger partial charge in [-0.1, -0.05) is 37.3 Å². The number of carbonyl (C=O) groups is 1. The molecule has 1 heterocycles. The molecule has 0 radical (unpaired) electrons. The van der Waals surface area contributed by atoms with E-state index in [1.165, 1.54) is 29.2 Å². The SMILES string of the molecule is CCN(CC)CCN(C(=O)c1ccccc1F)c1nc2c(F)cc(F)cc2s1. The molecule has 0 aliphatic rings. The molecule has 0 aliphatic heterocycles. The lowest BCUT2D eigenvalue weighted by Crippen LogP contribution is -2.39. The maximum absolute atomic E-state index is 14.2. The summed E-state index contributed by atoms with van der Waals surface area (Å²) in [5, 5.41) is 0.208. The minimum atomic E-state index is -0.792. The van der Waals surface area contributed by atoms with Crippen LogP contribution in [0.4, 0.5) is 18.3 Å². The number of anilines is 1. The van der Waals surface area contributed by atoms with E-state index in [-0.39, 0.29) is 22.8 Å². The van der Waals surface area contributed by atoms with E-state index >= 15 is 0 Å². The fourth-order valence-electron chi connectivity index (χ4n) is 2.91. The number of likely N-dealkylation sites (N-methyl/N-ethyl adjacent to an activating group) is 1. The van der Waals surface area contributed by atoms with E-state index in [2.05, 4.69) is 9.88 Å². The third-order valence-electron chi connectivity index (χ3n) is 4.52. The molecule has 0 bridgehead atoms. The van der Waals surface area contributed by atoms with Crippen LogP contribution in [0.25, 0.3) is 10.2 Å². The summed E-state index contributed by atoms with van der Waals surface area (Å²) in [6.07, 6.45) is 0. The second-order valence-electron chi connectivity index (χ2n) is 6.19. The molecule has 0 spiro atoms. The Labute approximate surface area is 165 Å². The van der Waals surface area contributed by atoms with Gasteiger partial charge in [0.15, 0.2) is 10.9 Å².